The van der Waals surface area contributed by atoms with Crippen molar-refractivity contribution >= 4 is 69.7 Å². The van der Waals surface area contributed by atoms with Gasteiger partial charge in [0.05, 0.1) is 10.0 Å². The number of aromatic nitrogens is 2. The molecule has 0 spiro atoms. The van der Waals surface area contributed by atoms with E-state index in [0.717, 1.165) is 30.8 Å². The maximum Gasteiger partial charge on any atom is 0.175 e. The summed E-state index contributed by atoms with van der Waals surface area (Å²) >= 11 is 22.8. The van der Waals surface area contributed by atoms with Gasteiger partial charge in [0.15, 0.2) is 8.68 Å². The average molecular weight is 434 g/mol. The summed E-state index contributed by atoms with van der Waals surface area (Å²) in [6, 6.07) is 13.5. The van der Waals surface area contributed by atoms with E-state index in [1.165, 1.54) is 5.56 Å². The first-order chi connectivity index (χ1) is 11.6. The van der Waals surface area contributed by atoms with Gasteiger partial charge >= 0.3 is 0 Å². The second-order valence-electron chi connectivity index (χ2n) is 4.79. The standard InChI is InChI=1S/C16H11Cl3N2S3/c17-12-4-1-10(2-5-12)8-22-15-20-21-16(24-15)23-9-11-3-6-13(18)14(19)7-11/h1-7H,8-9H2. The molecule has 24 heavy (non-hydrogen) atoms. The zero-order chi connectivity index (χ0) is 16.9. The van der Waals surface area contributed by atoms with Gasteiger partial charge in [-0.25, -0.2) is 0 Å². The van der Waals surface area contributed by atoms with Gasteiger partial charge in [-0.3, -0.25) is 0 Å². The molecule has 1 heterocycles. The summed E-state index contributed by atoms with van der Waals surface area (Å²) in [5.41, 5.74) is 2.32. The van der Waals surface area contributed by atoms with Crippen molar-refractivity contribution in [1.82, 2.24) is 10.2 Å². The Morgan fingerprint density at radius 1 is 0.750 bits per heavy atom. The maximum atomic E-state index is 6.03. The Kier molecular flexibility index (Phi) is 6.72. The van der Waals surface area contributed by atoms with Gasteiger partial charge in [0.1, 0.15) is 0 Å². The molecule has 0 unspecified atom stereocenters. The molecule has 2 nitrogen and oxygen atoms in total. The molecule has 0 bridgehead atoms. The van der Waals surface area contributed by atoms with Crippen molar-refractivity contribution < 1.29 is 0 Å². The number of rotatable bonds is 6. The first-order valence-electron chi connectivity index (χ1n) is 6.87. The fourth-order valence-corrected chi connectivity index (χ4v) is 5.18. The molecule has 2 aromatic carbocycles. The van der Waals surface area contributed by atoms with Crippen LogP contribution in [0.1, 0.15) is 11.1 Å². The Bertz CT molecular complexity index is 822. The van der Waals surface area contributed by atoms with Crippen LogP contribution < -0.4 is 0 Å². The molecule has 0 saturated carbocycles. The molecule has 8 heteroatoms. The third-order valence-corrected chi connectivity index (χ3v) is 7.33. The van der Waals surface area contributed by atoms with Crippen LogP contribution in [0.5, 0.6) is 0 Å². The lowest BCUT2D eigenvalue weighted by Crippen LogP contribution is -1.81. The highest BCUT2D eigenvalue weighted by Crippen LogP contribution is 2.33. The number of nitrogens with zero attached hydrogens (tertiary/aromatic N) is 2. The van der Waals surface area contributed by atoms with Crippen molar-refractivity contribution in [1.29, 1.82) is 0 Å². The van der Waals surface area contributed by atoms with E-state index in [2.05, 4.69) is 10.2 Å². The predicted molar refractivity (Wildman–Crippen MR) is 107 cm³/mol. The highest BCUT2D eigenvalue weighted by Gasteiger charge is 2.07. The Morgan fingerprint density at radius 2 is 1.33 bits per heavy atom. The van der Waals surface area contributed by atoms with E-state index in [0.29, 0.717) is 10.0 Å². The van der Waals surface area contributed by atoms with Crippen LogP contribution in [0.15, 0.2) is 51.1 Å². The summed E-state index contributed by atoms with van der Waals surface area (Å²) < 4.78 is 1.90. The Labute approximate surface area is 167 Å². The highest BCUT2D eigenvalue weighted by molar-refractivity contribution is 8.02. The zero-order valence-electron chi connectivity index (χ0n) is 12.2. The summed E-state index contributed by atoms with van der Waals surface area (Å²) in [7, 11) is 0. The zero-order valence-corrected chi connectivity index (χ0v) is 16.9. The first kappa shape index (κ1) is 18.4. The molecule has 0 aliphatic heterocycles. The molecule has 3 aromatic rings. The van der Waals surface area contributed by atoms with Crippen molar-refractivity contribution in [3.63, 3.8) is 0 Å². The van der Waals surface area contributed by atoms with Gasteiger partial charge in [-0.05, 0) is 35.4 Å². The van der Waals surface area contributed by atoms with Gasteiger partial charge in [0.2, 0.25) is 0 Å². The highest BCUT2D eigenvalue weighted by atomic mass is 35.5. The SMILES string of the molecule is Clc1ccc(CSc2nnc(SCc3ccc(Cl)c(Cl)c3)s2)cc1. The van der Waals surface area contributed by atoms with Crippen LogP contribution in [-0.2, 0) is 11.5 Å². The quantitative estimate of drug-likeness (QED) is 0.388. The van der Waals surface area contributed by atoms with Crippen LogP contribution in [0.2, 0.25) is 15.1 Å². The third-order valence-electron chi connectivity index (χ3n) is 3.01. The minimum absolute atomic E-state index is 0.571. The normalized spacial score (nSPS) is 11.0. The first-order valence-corrected chi connectivity index (χ1v) is 10.8. The number of benzene rings is 2. The second-order valence-corrected chi connectivity index (χ2v) is 9.46. The molecule has 0 aliphatic rings. The van der Waals surface area contributed by atoms with E-state index >= 15 is 0 Å². The molecule has 0 amide bonds. The van der Waals surface area contributed by atoms with Gasteiger partial charge in [0, 0.05) is 16.5 Å². The summed E-state index contributed by atoms with van der Waals surface area (Å²) in [5.74, 6) is 1.64. The Balaban J connectivity index is 1.53. The van der Waals surface area contributed by atoms with E-state index in [9.17, 15) is 0 Å². The van der Waals surface area contributed by atoms with E-state index < -0.39 is 0 Å². The van der Waals surface area contributed by atoms with Crippen molar-refractivity contribution in [2.45, 2.75) is 20.2 Å². The minimum Gasteiger partial charge on any atom is -0.131 e. The van der Waals surface area contributed by atoms with Gasteiger partial charge < -0.3 is 0 Å². The van der Waals surface area contributed by atoms with Crippen LogP contribution in [0.4, 0.5) is 0 Å². The van der Waals surface area contributed by atoms with Crippen molar-refractivity contribution in [3.8, 4) is 0 Å². The van der Waals surface area contributed by atoms with Gasteiger partial charge in [0.25, 0.3) is 0 Å². The number of hydrogen-bond acceptors (Lipinski definition) is 5. The topological polar surface area (TPSA) is 25.8 Å². The van der Waals surface area contributed by atoms with Crippen molar-refractivity contribution in [2.24, 2.45) is 0 Å². The third kappa shape index (κ3) is 5.28. The molecule has 1 aromatic heterocycles. The molecular weight excluding hydrogens is 423 g/mol. The average Bonchev–Trinajstić information content (AvgIpc) is 3.03. The lowest BCUT2D eigenvalue weighted by Gasteiger charge is -2.01. The smallest absolute Gasteiger partial charge is 0.131 e. The molecule has 124 valence electrons. The van der Waals surface area contributed by atoms with E-state index in [4.69, 9.17) is 34.8 Å². The van der Waals surface area contributed by atoms with Crippen LogP contribution in [0, 0.1) is 0 Å². The minimum atomic E-state index is 0.571. The van der Waals surface area contributed by atoms with Gasteiger partial charge in [-0.15, -0.1) is 10.2 Å². The Morgan fingerprint density at radius 3 is 1.96 bits per heavy atom. The summed E-state index contributed by atoms with van der Waals surface area (Å²) in [5, 5.41) is 10.4. The molecule has 0 atom stereocenters. The largest absolute Gasteiger partial charge is 0.175 e. The molecule has 0 fully saturated rings. The van der Waals surface area contributed by atoms with Crippen LogP contribution in [0.25, 0.3) is 0 Å². The van der Waals surface area contributed by atoms with E-state index in [1.807, 2.05) is 42.5 Å². The fourth-order valence-electron chi connectivity index (χ4n) is 1.81. The number of halogens is 3. The van der Waals surface area contributed by atoms with Crippen LogP contribution >= 0.6 is 69.7 Å². The maximum absolute atomic E-state index is 6.03. The molecule has 3 rings (SSSR count). The molecule has 0 N–H and O–H groups in total. The van der Waals surface area contributed by atoms with E-state index in [1.54, 1.807) is 34.9 Å². The summed E-state index contributed by atoms with van der Waals surface area (Å²) in [4.78, 5) is 0. The monoisotopic (exact) mass is 432 g/mol. The Hall–Kier alpha value is -0.430. The predicted octanol–water partition coefficient (Wildman–Crippen LogP) is 7.08. The lowest BCUT2D eigenvalue weighted by atomic mass is 10.2. The lowest BCUT2D eigenvalue weighted by molar-refractivity contribution is 0.954. The fraction of sp³-hybridized carbons (Fsp3) is 0.125. The summed E-state index contributed by atoms with van der Waals surface area (Å²) in [6.07, 6.45) is 0. The summed E-state index contributed by atoms with van der Waals surface area (Å²) in [6.45, 7) is 0. The number of thioether (sulfide) groups is 2. The molecule has 0 radical (unpaired) electrons. The van der Waals surface area contributed by atoms with Crippen LogP contribution in [0.3, 0.4) is 0 Å². The van der Waals surface area contributed by atoms with Gasteiger partial charge in [-0.1, -0.05) is 87.9 Å². The number of hydrogen-bond donors (Lipinski definition) is 0. The molecule has 0 saturated heterocycles. The molecular formula is C16H11Cl3N2S3. The van der Waals surface area contributed by atoms with E-state index in [-0.39, 0.29) is 0 Å². The second kappa shape index (κ2) is 8.79. The van der Waals surface area contributed by atoms with Crippen LogP contribution in [-0.4, -0.2) is 10.2 Å². The van der Waals surface area contributed by atoms with Crippen molar-refractivity contribution in [2.75, 3.05) is 0 Å². The molecule has 0 aliphatic carbocycles. The van der Waals surface area contributed by atoms with Gasteiger partial charge in [-0.2, -0.15) is 0 Å². The van der Waals surface area contributed by atoms with Crippen molar-refractivity contribution in [3.05, 3.63) is 68.7 Å².